The van der Waals surface area contributed by atoms with Crippen molar-refractivity contribution in [2.75, 3.05) is 26.9 Å². The van der Waals surface area contributed by atoms with Crippen molar-refractivity contribution < 1.29 is 23.7 Å². The first-order valence-corrected chi connectivity index (χ1v) is 8.14. The summed E-state index contributed by atoms with van der Waals surface area (Å²) >= 11 is 0. The van der Waals surface area contributed by atoms with E-state index in [0.717, 1.165) is 5.56 Å². The molecule has 0 aliphatic carbocycles. The highest BCUT2D eigenvalue weighted by Crippen LogP contribution is 2.33. The summed E-state index contributed by atoms with van der Waals surface area (Å²) in [6, 6.07) is 10.8. The van der Waals surface area contributed by atoms with Crippen LogP contribution in [-0.2, 0) is 0 Å². The fourth-order valence-corrected chi connectivity index (χ4v) is 2.61. The lowest BCUT2D eigenvalue weighted by Gasteiger charge is -2.18. The average Bonchev–Trinajstić information content (AvgIpc) is 2.66. The zero-order chi connectivity index (χ0) is 17.6. The van der Waals surface area contributed by atoms with Crippen LogP contribution < -0.4 is 18.9 Å². The summed E-state index contributed by atoms with van der Waals surface area (Å²) < 4.78 is 22.0. The molecule has 0 spiro atoms. The molecule has 5 heteroatoms. The lowest BCUT2D eigenvalue weighted by molar-refractivity contribution is 0.104. The molecule has 1 aliphatic rings. The molecule has 5 nitrogen and oxygen atoms in total. The van der Waals surface area contributed by atoms with Gasteiger partial charge in [-0.05, 0) is 43.3 Å². The van der Waals surface area contributed by atoms with Crippen molar-refractivity contribution in [1.29, 1.82) is 0 Å². The van der Waals surface area contributed by atoms with Crippen molar-refractivity contribution in [2.24, 2.45) is 0 Å². The summed E-state index contributed by atoms with van der Waals surface area (Å²) in [5.74, 6) is 2.40. The second-order valence-corrected chi connectivity index (χ2v) is 5.37. The molecule has 130 valence electrons. The number of carbonyl (C=O) groups excluding carboxylic acids is 1. The first-order valence-electron chi connectivity index (χ1n) is 8.14. The molecule has 0 bridgehead atoms. The van der Waals surface area contributed by atoms with Crippen molar-refractivity contribution in [1.82, 2.24) is 0 Å². The molecule has 0 amide bonds. The molecular weight excluding hydrogens is 320 g/mol. The van der Waals surface area contributed by atoms with Gasteiger partial charge in [-0.3, -0.25) is 4.79 Å². The van der Waals surface area contributed by atoms with E-state index in [4.69, 9.17) is 18.9 Å². The van der Waals surface area contributed by atoms with Crippen molar-refractivity contribution in [3.05, 3.63) is 53.6 Å². The van der Waals surface area contributed by atoms with Crippen LogP contribution in [0.5, 0.6) is 23.0 Å². The number of carbonyl (C=O) groups is 1. The molecule has 0 fully saturated rings. The van der Waals surface area contributed by atoms with Gasteiger partial charge < -0.3 is 18.9 Å². The Morgan fingerprint density at radius 3 is 2.72 bits per heavy atom. The number of hydrogen-bond donors (Lipinski definition) is 0. The van der Waals surface area contributed by atoms with Gasteiger partial charge in [-0.1, -0.05) is 12.1 Å². The van der Waals surface area contributed by atoms with E-state index in [1.807, 2.05) is 25.1 Å². The minimum absolute atomic E-state index is 0.124. The summed E-state index contributed by atoms with van der Waals surface area (Å²) in [6.45, 7) is 3.46. The summed E-state index contributed by atoms with van der Waals surface area (Å²) in [4.78, 5) is 12.5. The first kappa shape index (κ1) is 16.9. The van der Waals surface area contributed by atoms with Crippen LogP contribution in [0.3, 0.4) is 0 Å². The molecule has 0 atom stereocenters. The number of methoxy groups -OCH3 is 1. The lowest BCUT2D eigenvalue weighted by Crippen LogP contribution is -2.15. The maximum absolute atomic E-state index is 12.5. The third kappa shape index (κ3) is 3.76. The Bertz CT molecular complexity index is 795. The number of hydrogen-bond acceptors (Lipinski definition) is 5. The van der Waals surface area contributed by atoms with Gasteiger partial charge in [0.05, 0.1) is 13.7 Å². The fraction of sp³-hybridized carbons (Fsp3) is 0.250. The monoisotopic (exact) mass is 340 g/mol. The molecule has 0 N–H and O–H groups in total. The minimum atomic E-state index is -0.124. The van der Waals surface area contributed by atoms with E-state index >= 15 is 0 Å². The number of fused-ring (bicyclic) bond motifs is 1. The summed E-state index contributed by atoms with van der Waals surface area (Å²) in [7, 11) is 1.58. The molecule has 0 saturated carbocycles. The van der Waals surface area contributed by atoms with Crippen LogP contribution in [-0.4, -0.2) is 32.7 Å². The Hall–Kier alpha value is -2.95. The van der Waals surface area contributed by atoms with Gasteiger partial charge in [0.25, 0.3) is 0 Å². The molecule has 25 heavy (non-hydrogen) atoms. The van der Waals surface area contributed by atoms with Gasteiger partial charge in [0.15, 0.2) is 28.8 Å². The van der Waals surface area contributed by atoms with Gasteiger partial charge in [0.2, 0.25) is 0 Å². The second kappa shape index (κ2) is 7.75. The third-order valence-corrected chi connectivity index (χ3v) is 3.75. The Morgan fingerprint density at radius 2 is 1.96 bits per heavy atom. The topological polar surface area (TPSA) is 54.0 Å². The van der Waals surface area contributed by atoms with Crippen LogP contribution in [0.2, 0.25) is 0 Å². The smallest absolute Gasteiger partial charge is 0.185 e. The van der Waals surface area contributed by atoms with Gasteiger partial charge >= 0.3 is 0 Å². The molecule has 0 unspecified atom stereocenters. The van der Waals surface area contributed by atoms with Crippen molar-refractivity contribution >= 4 is 11.9 Å². The Balaban J connectivity index is 1.82. The predicted octanol–water partition coefficient (Wildman–Crippen LogP) is 3.76. The highest BCUT2D eigenvalue weighted by molar-refractivity contribution is 6.07. The number of allylic oxidation sites excluding steroid dienone is 1. The third-order valence-electron chi connectivity index (χ3n) is 3.75. The van der Waals surface area contributed by atoms with Crippen LogP contribution >= 0.6 is 0 Å². The standard InChI is InChI=1S/C20H20O5/c1-3-23-18-6-4-5-14(20(18)22-2)7-9-16(21)15-8-10-17-19(13-15)25-12-11-24-17/h4-10,13H,3,11-12H2,1-2H3. The lowest BCUT2D eigenvalue weighted by atomic mass is 10.1. The van der Waals surface area contributed by atoms with E-state index in [1.54, 1.807) is 31.4 Å². The van der Waals surface area contributed by atoms with Crippen molar-refractivity contribution in [3.8, 4) is 23.0 Å². The molecule has 0 aromatic heterocycles. The highest BCUT2D eigenvalue weighted by Gasteiger charge is 2.14. The fourth-order valence-electron chi connectivity index (χ4n) is 2.61. The van der Waals surface area contributed by atoms with E-state index in [-0.39, 0.29) is 5.78 Å². The molecule has 3 rings (SSSR count). The van der Waals surface area contributed by atoms with Crippen LogP contribution in [0.4, 0.5) is 0 Å². The second-order valence-electron chi connectivity index (χ2n) is 5.37. The number of benzene rings is 2. The predicted molar refractivity (Wildman–Crippen MR) is 95.0 cm³/mol. The molecule has 0 radical (unpaired) electrons. The highest BCUT2D eigenvalue weighted by atomic mass is 16.6. The van der Waals surface area contributed by atoms with E-state index < -0.39 is 0 Å². The van der Waals surface area contributed by atoms with Gasteiger partial charge in [-0.2, -0.15) is 0 Å². The van der Waals surface area contributed by atoms with Gasteiger partial charge in [-0.25, -0.2) is 0 Å². The zero-order valence-corrected chi connectivity index (χ0v) is 14.3. The molecule has 2 aromatic carbocycles. The Labute approximate surface area is 146 Å². The summed E-state index contributed by atoms with van der Waals surface area (Å²) in [5.41, 5.74) is 1.32. The van der Waals surface area contributed by atoms with E-state index in [9.17, 15) is 4.79 Å². The molecule has 1 heterocycles. The van der Waals surface area contributed by atoms with E-state index in [1.165, 1.54) is 6.08 Å². The largest absolute Gasteiger partial charge is 0.492 e. The quantitative estimate of drug-likeness (QED) is 0.592. The minimum Gasteiger partial charge on any atom is -0.492 e. The average molecular weight is 340 g/mol. The van der Waals surface area contributed by atoms with Crippen LogP contribution in [0, 0.1) is 0 Å². The number of rotatable bonds is 6. The Kier molecular flexibility index (Phi) is 5.23. The molecule has 1 aliphatic heterocycles. The zero-order valence-electron chi connectivity index (χ0n) is 14.3. The normalized spacial score (nSPS) is 12.9. The van der Waals surface area contributed by atoms with E-state index in [2.05, 4.69) is 0 Å². The van der Waals surface area contributed by atoms with Gasteiger partial charge in [-0.15, -0.1) is 0 Å². The van der Waals surface area contributed by atoms with Gasteiger partial charge in [0.1, 0.15) is 13.2 Å². The maximum Gasteiger partial charge on any atom is 0.185 e. The number of ketones is 1. The van der Waals surface area contributed by atoms with Crippen LogP contribution in [0.1, 0.15) is 22.8 Å². The molecular formula is C20H20O5. The van der Waals surface area contributed by atoms with Crippen molar-refractivity contribution in [3.63, 3.8) is 0 Å². The summed E-state index contributed by atoms with van der Waals surface area (Å²) in [5, 5.41) is 0. The number of ether oxygens (including phenoxy) is 4. The number of para-hydroxylation sites is 1. The summed E-state index contributed by atoms with van der Waals surface area (Å²) in [6.07, 6.45) is 3.24. The Morgan fingerprint density at radius 1 is 1.16 bits per heavy atom. The van der Waals surface area contributed by atoms with E-state index in [0.29, 0.717) is 48.4 Å². The van der Waals surface area contributed by atoms with Crippen LogP contribution in [0.25, 0.3) is 6.08 Å². The first-order chi connectivity index (χ1) is 12.2. The molecule has 0 saturated heterocycles. The van der Waals surface area contributed by atoms with Gasteiger partial charge in [0, 0.05) is 11.1 Å². The SMILES string of the molecule is CCOc1cccc(C=CC(=O)c2ccc3c(c2)OCCO3)c1OC. The molecule has 2 aromatic rings. The maximum atomic E-state index is 12.5. The van der Waals surface area contributed by atoms with Crippen LogP contribution in [0.15, 0.2) is 42.5 Å². The van der Waals surface area contributed by atoms with Crippen molar-refractivity contribution in [2.45, 2.75) is 6.92 Å².